The molecule has 20 heteroatoms. The summed E-state index contributed by atoms with van der Waals surface area (Å²) < 4.78 is 40.9. The fraction of sp³-hybridized carbons (Fsp3) is 0.378. The van der Waals surface area contributed by atoms with Crippen LogP contribution >= 0.6 is 0 Å². The van der Waals surface area contributed by atoms with Gasteiger partial charge in [-0.3, -0.25) is 39.1 Å². The minimum absolute atomic E-state index is 0.0700. The van der Waals surface area contributed by atoms with Crippen LogP contribution in [0.1, 0.15) is 74.6 Å². The molecular weight excluding hydrogens is 845 g/mol. The van der Waals surface area contributed by atoms with Crippen molar-refractivity contribution in [3.63, 3.8) is 0 Å². The van der Waals surface area contributed by atoms with Gasteiger partial charge in [0.05, 0.1) is 41.9 Å². The second-order valence-electron chi connectivity index (χ2n) is 16.4. The number of hydrogen-bond donors (Lipinski definition) is 4. The van der Waals surface area contributed by atoms with Crippen LogP contribution in [0.3, 0.4) is 0 Å². The van der Waals surface area contributed by atoms with Crippen LogP contribution in [0.5, 0.6) is 0 Å². The summed E-state index contributed by atoms with van der Waals surface area (Å²) in [5, 5.41) is 15.4. The van der Waals surface area contributed by atoms with Gasteiger partial charge in [-0.05, 0) is 73.2 Å². The highest BCUT2D eigenvalue weighted by Crippen LogP contribution is 2.32. The number of imide groups is 2. The van der Waals surface area contributed by atoms with Gasteiger partial charge in [0.15, 0.2) is 11.4 Å². The lowest BCUT2D eigenvalue weighted by molar-refractivity contribution is -0.136. The highest BCUT2D eigenvalue weighted by Gasteiger charge is 2.45. The first-order valence-corrected chi connectivity index (χ1v) is 21.6. The quantitative estimate of drug-likeness (QED) is 0.0716. The molecule has 2 aromatic carbocycles. The summed E-state index contributed by atoms with van der Waals surface area (Å²) >= 11 is 0. The Morgan fingerprint density at radius 2 is 1.71 bits per heavy atom. The van der Waals surface area contributed by atoms with Gasteiger partial charge in [0.2, 0.25) is 17.7 Å². The van der Waals surface area contributed by atoms with Crippen molar-refractivity contribution < 1.29 is 41.9 Å². The first-order valence-electron chi connectivity index (χ1n) is 21.6. The average Bonchev–Trinajstić information content (AvgIpc) is 3.72. The molecule has 338 valence electrons. The van der Waals surface area contributed by atoms with E-state index in [4.69, 9.17) is 9.15 Å². The van der Waals surface area contributed by atoms with Crippen molar-refractivity contribution in [2.45, 2.75) is 44.7 Å². The van der Waals surface area contributed by atoms with Crippen LogP contribution in [0.25, 0.3) is 17.1 Å². The number of oxazole rings is 1. The first-order chi connectivity index (χ1) is 31.6. The van der Waals surface area contributed by atoms with E-state index < -0.39 is 47.7 Å². The third-order valence-electron chi connectivity index (χ3n) is 11.9. The summed E-state index contributed by atoms with van der Waals surface area (Å²) in [6.45, 7) is 6.85. The van der Waals surface area contributed by atoms with Crippen LogP contribution < -0.4 is 26.2 Å². The number of nitrogens with one attached hydrogen (secondary N) is 4. The molecule has 4 N–H and O–H groups in total. The fourth-order valence-electron chi connectivity index (χ4n) is 8.03. The van der Waals surface area contributed by atoms with Gasteiger partial charge in [-0.15, -0.1) is 0 Å². The molecule has 1 aliphatic carbocycles. The van der Waals surface area contributed by atoms with Crippen LogP contribution in [0.4, 0.5) is 26.0 Å². The Hall–Kier alpha value is -6.90. The molecule has 5 aromatic rings. The van der Waals surface area contributed by atoms with E-state index in [1.54, 1.807) is 42.6 Å². The molecule has 9 rings (SSSR count). The molecular formula is C45H47F2N11O7. The molecule has 2 saturated heterocycles. The van der Waals surface area contributed by atoms with Gasteiger partial charge in [-0.1, -0.05) is 12.1 Å². The number of aromatic nitrogens is 4. The molecule has 0 radical (unpaired) electrons. The van der Waals surface area contributed by atoms with E-state index in [2.05, 4.69) is 46.1 Å². The van der Waals surface area contributed by atoms with Gasteiger partial charge >= 0.3 is 0 Å². The second kappa shape index (κ2) is 19.1. The van der Waals surface area contributed by atoms with Crippen LogP contribution in [0, 0.1) is 5.92 Å². The molecule has 3 aliphatic heterocycles. The molecule has 65 heavy (non-hydrogen) atoms. The molecule has 0 bridgehead atoms. The first kappa shape index (κ1) is 43.4. The second-order valence-corrected chi connectivity index (χ2v) is 16.4. The minimum atomic E-state index is -2.94. The van der Waals surface area contributed by atoms with Crippen molar-refractivity contribution in [3.05, 3.63) is 101 Å². The number of hydrogen-bond acceptors (Lipinski definition) is 14. The van der Waals surface area contributed by atoms with Gasteiger partial charge in [0.1, 0.15) is 18.1 Å². The van der Waals surface area contributed by atoms with E-state index in [-0.39, 0.29) is 41.2 Å². The molecule has 18 nitrogen and oxygen atoms in total. The van der Waals surface area contributed by atoms with Crippen molar-refractivity contribution in [1.82, 2.24) is 40.2 Å². The smallest absolute Gasteiger partial charge is 0.284 e. The normalized spacial score (nSPS) is 17.8. The van der Waals surface area contributed by atoms with E-state index in [1.165, 1.54) is 30.0 Å². The lowest BCUT2D eigenvalue weighted by Gasteiger charge is -2.36. The summed E-state index contributed by atoms with van der Waals surface area (Å²) in [6.07, 6.45) is 3.78. The number of amides is 5. The van der Waals surface area contributed by atoms with Gasteiger partial charge in [-0.25, -0.2) is 23.4 Å². The molecule has 3 fully saturated rings. The molecule has 3 aromatic heterocycles. The number of anilines is 3. The lowest BCUT2D eigenvalue weighted by atomic mass is 10.0. The Morgan fingerprint density at radius 3 is 2.48 bits per heavy atom. The van der Waals surface area contributed by atoms with E-state index in [0.29, 0.717) is 49.3 Å². The summed E-state index contributed by atoms with van der Waals surface area (Å²) in [7, 11) is 0. The SMILES string of the molecule is O=C1CCC(N2C(=O)c3ccc(N4CCN(CCOCCNCc5ccc(-n6cc(NC(=O)c7coc(-c8ccnc(NCC9CC9)c8)n7)c(C(F)F)n6)cc5)CC4)cc3C2=O)C(=O)N1. The zero-order valence-electron chi connectivity index (χ0n) is 35.3. The Morgan fingerprint density at radius 1 is 0.923 bits per heavy atom. The van der Waals surface area contributed by atoms with E-state index in [9.17, 15) is 32.8 Å². The summed E-state index contributed by atoms with van der Waals surface area (Å²) in [5.74, 6) is -1.28. The maximum Gasteiger partial charge on any atom is 0.284 e. The Balaban J connectivity index is 0.685. The topological polar surface area (TPSA) is 209 Å². The van der Waals surface area contributed by atoms with Gasteiger partial charge in [0.25, 0.3) is 24.1 Å². The maximum absolute atomic E-state index is 14.1. The largest absolute Gasteiger partial charge is 0.444 e. The van der Waals surface area contributed by atoms with Crippen molar-refractivity contribution in [3.8, 4) is 17.1 Å². The molecule has 1 saturated carbocycles. The highest BCUT2D eigenvalue weighted by atomic mass is 19.3. The standard InChI is InChI=1S/C45H47F2N11O7/c46-40(47)39-34(51-41(60)35-26-65-43(52-35)29-11-12-49-37(21-29)50-24-28-1-2-28)25-57(54-39)30-5-3-27(4-6-30)23-48-13-19-64-20-18-55-14-16-56(17-15-55)31-7-8-32-33(22-31)45(63)58(44(32)62)36-9-10-38(59)53-42(36)61/h3-8,11-12,21-22,25-26,28,36,40,48H,1-2,9-10,13-20,23-24H2,(H,49,50)(H,51,60)(H,53,59,61). The monoisotopic (exact) mass is 891 g/mol. The van der Waals surface area contributed by atoms with Crippen molar-refractivity contribution in [2.24, 2.45) is 5.92 Å². The summed E-state index contributed by atoms with van der Waals surface area (Å²) in [4.78, 5) is 77.4. The average molecular weight is 892 g/mol. The Kier molecular flexibility index (Phi) is 12.7. The fourth-order valence-corrected chi connectivity index (χ4v) is 8.03. The number of ether oxygens (including phenoxy) is 1. The number of pyridine rings is 1. The number of piperazine rings is 1. The van der Waals surface area contributed by atoms with Crippen molar-refractivity contribution in [2.75, 3.05) is 74.6 Å². The molecule has 4 aliphatic rings. The van der Waals surface area contributed by atoms with Crippen LogP contribution in [-0.4, -0.2) is 124 Å². The highest BCUT2D eigenvalue weighted by molar-refractivity contribution is 6.23. The van der Waals surface area contributed by atoms with E-state index in [0.717, 1.165) is 55.4 Å². The van der Waals surface area contributed by atoms with Crippen LogP contribution in [0.15, 0.2) is 77.7 Å². The number of benzene rings is 2. The third kappa shape index (κ3) is 9.93. The zero-order chi connectivity index (χ0) is 45.0. The predicted octanol–water partition coefficient (Wildman–Crippen LogP) is 4.26. The number of nitrogens with zero attached hydrogens (tertiary/aromatic N) is 7. The van der Waals surface area contributed by atoms with Crippen LogP contribution in [0.2, 0.25) is 0 Å². The van der Waals surface area contributed by atoms with Crippen molar-refractivity contribution in [1.29, 1.82) is 0 Å². The maximum atomic E-state index is 14.1. The van der Waals surface area contributed by atoms with Crippen LogP contribution in [-0.2, 0) is 20.9 Å². The number of piperidine rings is 1. The number of carbonyl (C=O) groups excluding carboxylic acids is 5. The lowest BCUT2D eigenvalue weighted by Crippen LogP contribution is -2.54. The zero-order valence-corrected chi connectivity index (χ0v) is 35.3. The number of carbonyl (C=O) groups is 5. The number of fused-ring (bicyclic) bond motifs is 1. The third-order valence-corrected chi connectivity index (χ3v) is 11.9. The molecule has 5 amide bonds. The molecule has 1 unspecified atom stereocenters. The van der Waals surface area contributed by atoms with Gasteiger partial charge < -0.3 is 30.0 Å². The van der Waals surface area contributed by atoms with Gasteiger partial charge in [-0.2, -0.15) is 5.10 Å². The number of alkyl halides is 2. The minimum Gasteiger partial charge on any atom is -0.444 e. The summed E-state index contributed by atoms with van der Waals surface area (Å²) in [5.41, 5.74) is 2.68. The number of halogens is 2. The Labute approximate surface area is 371 Å². The van der Waals surface area contributed by atoms with Crippen molar-refractivity contribution >= 4 is 46.7 Å². The number of rotatable bonds is 18. The van der Waals surface area contributed by atoms with E-state index >= 15 is 0 Å². The molecule has 6 heterocycles. The molecule has 1 atom stereocenters. The van der Waals surface area contributed by atoms with E-state index in [1.807, 2.05) is 18.2 Å². The molecule has 0 spiro atoms. The van der Waals surface area contributed by atoms with Gasteiger partial charge in [0, 0.05) is 76.2 Å². The Bertz CT molecular complexity index is 2590. The predicted molar refractivity (Wildman–Crippen MR) is 232 cm³/mol. The summed E-state index contributed by atoms with van der Waals surface area (Å²) in [6, 6.07) is 14.9.